The van der Waals surface area contributed by atoms with Gasteiger partial charge in [-0.3, -0.25) is 0 Å². The number of carbonyl (C=O) groups excluding carboxylic acids is 1. The Balaban J connectivity index is 4.01. The zero-order valence-corrected chi connectivity index (χ0v) is 11.6. The number of aliphatic hydroxyl groups excluding tert-OH is 1. The lowest BCUT2D eigenvalue weighted by Crippen LogP contribution is -2.37. The fourth-order valence-corrected chi connectivity index (χ4v) is 1.49. The van der Waals surface area contributed by atoms with Crippen LogP contribution in [0, 0.1) is 11.3 Å². The summed E-state index contributed by atoms with van der Waals surface area (Å²) in [6.45, 7) is 9.09. The molecule has 0 saturated heterocycles. The van der Waals surface area contributed by atoms with Crippen molar-refractivity contribution < 1.29 is 14.6 Å². The molecule has 0 saturated carbocycles. The highest BCUT2D eigenvalue weighted by atomic mass is 16.5. The van der Waals surface area contributed by atoms with Gasteiger partial charge in [0.2, 0.25) is 0 Å². The van der Waals surface area contributed by atoms with Gasteiger partial charge in [-0.2, -0.15) is 0 Å². The van der Waals surface area contributed by atoms with Crippen LogP contribution in [0.15, 0.2) is 0 Å². The Hall–Kier alpha value is -0.770. The predicted octanol–water partition coefficient (Wildman–Crippen LogP) is 2.56. The highest BCUT2D eigenvalue weighted by Gasteiger charge is 2.31. The third-order valence-corrected chi connectivity index (χ3v) is 3.50. The molecule has 0 aromatic carbocycles. The van der Waals surface area contributed by atoms with Crippen molar-refractivity contribution in [1.29, 1.82) is 0 Å². The first-order valence-electron chi connectivity index (χ1n) is 6.51. The number of ether oxygens (including phenoxy) is 1. The van der Waals surface area contributed by atoms with Gasteiger partial charge in [0, 0.05) is 12.0 Å². The molecule has 0 fully saturated rings. The van der Waals surface area contributed by atoms with Crippen molar-refractivity contribution in [3.63, 3.8) is 0 Å². The molecule has 0 rings (SSSR count). The number of unbranched alkanes of at least 4 members (excludes halogenated alkanes) is 1. The Bertz CT molecular complexity index is 221. The van der Waals surface area contributed by atoms with Crippen molar-refractivity contribution in [2.75, 3.05) is 19.8 Å². The Morgan fingerprint density at radius 1 is 1.47 bits per heavy atom. The molecular formula is C13H27NO3. The van der Waals surface area contributed by atoms with E-state index in [1.807, 2.05) is 6.92 Å². The van der Waals surface area contributed by atoms with Gasteiger partial charge in [0.1, 0.15) is 6.61 Å². The van der Waals surface area contributed by atoms with Crippen LogP contribution in [0.2, 0.25) is 0 Å². The van der Waals surface area contributed by atoms with E-state index in [1.54, 1.807) is 0 Å². The largest absolute Gasteiger partial charge is 0.449 e. The molecule has 17 heavy (non-hydrogen) atoms. The summed E-state index contributed by atoms with van der Waals surface area (Å²) in [5, 5.41) is 12.1. The molecule has 0 unspecified atom stereocenters. The Labute approximate surface area is 105 Å². The van der Waals surface area contributed by atoms with E-state index < -0.39 is 0 Å². The molecule has 4 heteroatoms. The van der Waals surface area contributed by atoms with E-state index in [4.69, 9.17) is 4.74 Å². The highest BCUT2D eigenvalue weighted by Crippen LogP contribution is 2.29. The van der Waals surface area contributed by atoms with Crippen molar-refractivity contribution in [1.82, 2.24) is 5.32 Å². The van der Waals surface area contributed by atoms with Crippen LogP contribution in [0.5, 0.6) is 0 Å². The summed E-state index contributed by atoms with van der Waals surface area (Å²) < 4.78 is 5.16. The normalized spacial score (nSPS) is 16.1. The SMILES string of the molecule is CCCCNC(=O)OC[C@](C)(CO)[C@@H](C)CC. The third-order valence-electron chi connectivity index (χ3n) is 3.50. The van der Waals surface area contributed by atoms with Crippen molar-refractivity contribution >= 4 is 6.09 Å². The zero-order chi connectivity index (χ0) is 13.3. The van der Waals surface area contributed by atoms with E-state index in [2.05, 4.69) is 26.1 Å². The van der Waals surface area contributed by atoms with Crippen LogP contribution in [0.25, 0.3) is 0 Å². The van der Waals surface area contributed by atoms with Crippen LogP contribution in [-0.4, -0.2) is 31.0 Å². The maximum absolute atomic E-state index is 11.4. The molecule has 102 valence electrons. The molecule has 0 spiro atoms. The predicted molar refractivity (Wildman–Crippen MR) is 68.9 cm³/mol. The number of alkyl carbamates (subject to hydrolysis) is 1. The molecule has 0 aromatic heterocycles. The van der Waals surface area contributed by atoms with Crippen molar-refractivity contribution in [2.24, 2.45) is 11.3 Å². The van der Waals surface area contributed by atoms with Gasteiger partial charge in [-0.25, -0.2) is 4.79 Å². The standard InChI is InChI=1S/C13H27NO3/c1-5-7-8-14-12(16)17-10-13(4,9-15)11(3)6-2/h11,15H,5-10H2,1-4H3,(H,14,16)/t11-,13-/m0/s1. The summed E-state index contributed by atoms with van der Waals surface area (Å²) in [4.78, 5) is 11.4. The minimum absolute atomic E-state index is 0.0320. The quantitative estimate of drug-likeness (QED) is 0.646. The second-order valence-corrected chi connectivity index (χ2v) is 4.98. The smallest absolute Gasteiger partial charge is 0.407 e. The number of hydrogen-bond donors (Lipinski definition) is 2. The van der Waals surface area contributed by atoms with Crippen molar-refractivity contribution in [2.45, 2.75) is 47.0 Å². The maximum Gasteiger partial charge on any atom is 0.407 e. The van der Waals surface area contributed by atoms with Crippen molar-refractivity contribution in [3.8, 4) is 0 Å². The van der Waals surface area contributed by atoms with E-state index in [1.165, 1.54) is 0 Å². The summed E-state index contributed by atoms with van der Waals surface area (Å²) >= 11 is 0. The van der Waals surface area contributed by atoms with Gasteiger partial charge in [0.25, 0.3) is 0 Å². The first-order valence-corrected chi connectivity index (χ1v) is 6.51. The first-order chi connectivity index (χ1) is 8.00. The van der Waals surface area contributed by atoms with Crippen LogP contribution in [-0.2, 0) is 4.74 Å². The molecule has 0 heterocycles. The number of carbonyl (C=O) groups is 1. The molecule has 4 nitrogen and oxygen atoms in total. The van der Waals surface area contributed by atoms with Gasteiger partial charge >= 0.3 is 6.09 Å². The van der Waals surface area contributed by atoms with Crippen LogP contribution in [0.4, 0.5) is 4.79 Å². The Morgan fingerprint density at radius 3 is 2.59 bits per heavy atom. The fourth-order valence-electron chi connectivity index (χ4n) is 1.49. The number of amides is 1. The molecule has 0 bridgehead atoms. The average Bonchev–Trinajstić information content (AvgIpc) is 2.35. The van der Waals surface area contributed by atoms with Gasteiger partial charge in [0.05, 0.1) is 6.61 Å². The van der Waals surface area contributed by atoms with Gasteiger partial charge in [0.15, 0.2) is 0 Å². The van der Waals surface area contributed by atoms with Crippen molar-refractivity contribution in [3.05, 3.63) is 0 Å². The zero-order valence-electron chi connectivity index (χ0n) is 11.6. The van der Waals surface area contributed by atoms with Crippen LogP contribution < -0.4 is 5.32 Å². The number of rotatable bonds is 8. The van der Waals surface area contributed by atoms with E-state index in [-0.39, 0.29) is 24.7 Å². The van der Waals surface area contributed by atoms with Gasteiger partial charge < -0.3 is 15.2 Å². The van der Waals surface area contributed by atoms with Gasteiger partial charge in [-0.1, -0.05) is 40.5 Å². The van der Waals surface area contributed by atoms with Gasteiger partial charge in [-0.15, -0.1) is 0 Å². The first kappa shape index (κ1) is 16.2. The average molecular weight is 245 g/mol. The molecule has 2 atom stereocenters. The fraction of sp³-hybridized carbons (Fsp3) is 0.923. The maximum atomic E-state index is 11.4. The molecule has 0 aliphatic heterocycles. The summed E-state index contributed by atoms with van der Waals surface area (Å²) in [7, 11) is 0. The highest BCUT2D eigenvalue weighted by molar-refractivity contribution is 5.67. The minimum atomic E-state index is -0.388. The lowest BCUT2D eigenvalue weighted by molar-refractivity contribution is 0.0125. The summed E-state index contributed by atoms with van der Waals surface area (Å²) in [6, 6.07) is 0. The molecule has 0 aliphatic carbocycles. The second kappa shape index (κ2) is 8.34. The van der Waals surface area contributed by atoms with E-state index in [0.29, 0.717) is 12.5 Å². The molecule has 0 aliphatic rings. The van der Waals surface area contributed by atoms with Crippen LogP contribution >= 0.6 is 0 Å². The van der Waals surface area contributed by atoms with Gasteiger partial charge in [-0.05, 0) is 12.3 Å². The van der Waals surface area contributed by atoms with Crippen LogP contribution in [0.3, 0.4) is 0 Å². The minimum Gasteiger partial charge on any atom is -0.449 e. The van der Waals surface area contributed by atoms with E-state index in [0.717, 1.165) is 19.3 Å². The number of hydrogen-bond acceptors (Lipinski definition) is 3. The van der Waals surface area contributed by atoms with Crippen LogP contribution in [0.1, 0.15) is 47.0 Å². The lowest BCUT2D eigenvalue weighted by atomic mass is 9.78. The molecule has 2 N–H and O–H groups in total. The Morgan fingerprint density at radius 2 is 2.12 bits per heavy atom. The molecule has 0 radical (unpaired) electrons. The monoisotopic (exact) mass is 245 g/mol. The molecule has 0 aromatic rings. The van der Waals surface area contributed by atoms with E-state index >= 15 is 0 Å². The number of nitrogens with one attached hydrogen (secondary N) is 1. The summed E-state index contributed by atoms with van der Waals surface area (Å²) in [5.41, 5.74) is -0.350. The summed E-state index contributed by atoms with van der Waals surface area (Å²) in [5.74, 6) is 0.316. The number of aliphatic hydroxyl groups is 1. The lowest BCUT2D eigenvalue weighted by Gasteiger charge is -2.32. The summed E-state index contributed by atoms with van der Waals surface area (Å²) in [6.07, 6.45) is 2.57. The van der Waals surface area contributed by atoms with E-state index in [9.17, 15) is 9.90 Å². The molecular weight excluding hydrogens is 218 g/mol. The third kappa shape index (κ3) is 5.91. The second-order valence-electron chi connectivity index (χ2n) is 4.98. The molecule has 1 amide bonds. The topological polar surface area (TPSA) is 58.6 Å². The Kier molecular flexibility index (Phi) is 7.96.